The predicted molar refractivity (Wildman–Crippen MR) is 149 cm³/mol. The number of aliphatic hydroxyl groups excluding tert-OH is 1. The summed E-state index contributed by atoms with van der Waals surface area (Å²) in [6.45, 7) is 1.87. The van der Waals surface area contributed by atoms with Crippen LogP contribution in [0.3, 0.4) is 0 Å². The van der Waals surface area contributed by atoms with Gasteiger partial charge in [-0.2, -0.15) is 0 Å². The average Bonchev–Trinajstić information content (AvgIpc) is 3.37. The first-order valence-electron chi connectivity index (χ1n) is 13.3. The first-order chi connectivity index (χ1) is 18.7. The average molecular weight is 549 g/mol. The highest BCUT2D eigenvalue weighted by atomic mass is 32.2. The number of carbonyl (C=O) groups excluding carboxylic acids is 1. The van der Waals surface area contributed by atoms with Crippen LogP contribution in [-0.4, -0.2) is 25.5 Å². The fraction of sp³-hybridized carbons (Fsp3) is 0.323. The normalized spacial score (nSPS) is 19.7. The second-order valence-electron chi connectivity index (χ2n) is 10.5. The second kappa shape index (κ2) is 11.4. The van der Waals surface area contributed by atoms with E-state index in [0.717, 1.165) is 33.4 Å². The molecule has 0 saturated heterocycles. The third-order valence-electron chi connectivity index (χ3n) is 7.79. The fourth-order valence-electron chi connectivity index (χ4n) is 5.42. The lowest BCUT2D eigenvalue weighted by Gasteiger charge is -2.29. The zero-order valence-electron chi connectivity index (χ0n) is 21.9. The molecule has 1 atom stereocenters. The molecule has 1 amide bonds. The lowest BCUT2D eigenvalue weighted by molar-refractivity contribution is -0.126. The first kappa shape index (κ1) is 27.2. The Kier molecular flexibility index (Phi) is 7.98. The van der Waals surface area contributed by atoms with E-state index in [1.54, 1.807) is 24.3 Å². The van der Waals surface area contributed by atoms with Crippen molar-refractivity contribution in [3.05, 3.63) is 100 Å². The Morgan fingerprint density at radius 3 is 2.36 bits per heavy atom. The smallest absolute Gasteiger partial charge is 0.240 e. The summed E-state index contributed by atoms with van der Waals surface area (Å²) in [7, 11) is -3.70. The van der Waals surface area contributed by atoms with Gasteiger partial charge >= 0.3 is 0 Å². The lowest BCUT2D eigenvalue weighted by Crippen LogP contribution is -2.41. The van der Waals surface area contributed by atoms with Crippen molar-refractivity contribution < 1.29 is 22.7 Å². The number of nitrogens with one attached hydrogen (secondary N) is 2. The van der Waals surface area contributed by atoms with E-state index < -0.39 is 10.0 Å². The molecule has 0 aromatic heterocycles. The number of aliphatic hydroxyl groups is 1. The van der Waals surface area contributed by atoms with Gasteiger partial charge in [-0.3, -0.25) is 4.79 Å². The summed E-state index contributed by atoms with van der Waals surface area (Å²) in [5.74, 6) is -0.546. The minimum atomic E-state index is -3.70. The molecule has 204 valence electrons. The van der Waals surface area contributed by atoms with Crippen molar-refractivity contribution in [3.8, 4) is 0 Å². The number of halogens is 1. The van der Waals surface area contributed by atoms with Gasteiger partial charge in [0.1, 0.15) is 5.82 Å². The number of benzene rings is 3. The molecule has 3 aromatic carbocycles. The molecule has 8 heteroatoms. The van der Waals surface area contributed by atoms with Crippen LogP contribution in [0.2, 0.25) is 0 Å². The molecule has 0 radical (unpaired) electrons. The third-order valence-corrected chi connectivity index (χ3v) is 9.31. The molecule has 1 saturated carbocycles. The van der Waals surface area contributed by atoms with E-state index in [1.807, 2.05) is 37.3 Å². The number of carbonyl (C=O) groups is 1. The van der Waals surface area contributed by atoms with E-state index >= 15 is 0 Å². The Morgan fingerprint density at radius 2 is 1.69 bits per heavy atom. The Morgan fingerprint density at radius 1 is 1.00 bits per heavy atom. The van der Waals surface area contributed by atoms with E-state index in [-0.39, 0.29) is 41.2 Å². The summed E-state index contributed by atoms with van der Waals surface area (Å²) < 4.78 is 42.4. The molecule has 0 unspecified atom stereocenters. The Hall–Kier alpha value is -3.33. The maximum atomic E-state index is 13.2. The molecule has 3 N–H and O–H groups in total. The van der Waals surface area contributed by atoms with Crippen LogP contribution >= 0.6 is 0 Å². The highest BCUT2D eigenvalue weighted by molar-refractivity contribution is 7.89. The number of sulfonamides is 1. The Labute approximate surface area is 229 Å². The predicted octanol–water partition coefficient (Wildman–Crippen LogP) is 5.13. The summed E-state index contributed by atoms with van der Waals surface area (Å²) in [6.07, 6.45) is 5.10. The zero-order valence-corrected chi connectivity index (χ0v) is 22.7. The van der Waals surface area contributed by atoms with Gasteiger partial charge in [0.2, 0.25) is 15.9 Å². The molecule has 6 nitrogen and oxygen atoms in total. The topological polar surface area (TPSA) is 95.5 Å². The van der Waals surface area contributed by atoms with Gasteiger partial charge in [0.25, 0.3) is 0 Å². The molecule has 2 aliphatic rings. The molecule has 0 spiro atoms. The van der Waals surface area contributed by atoms with Crippen molar-refractivity contribution in [2.75, 3.05) is 0 Å². The van der Waals surface area contributed by atoms with Crippen LogP contribution < -0.4 is 10.0 Å². The lowest BCUT2D eigenvalue weighted by atomic mass is 9.85. The number of hydrogen-bond donors (Lipinski definition) is 3. The van der Waals surface area contributed by atoms with Crippen molar-refractivity contribution in [3.63, 3.8) is 0 Å². The molecule has 1 fully saturated rings. The molecule has 3 aromatic rings. The van der Waals surface area contributed by atoms with Crippen LogP contribution in [0.1, 0.15) is 66.5 Å². The zero-order chi connectivity index (χ0) is 27.6. The maximum Gasteiger partial charge on any atom is 0.240 e. The summed E-state index contributed by atoms with van der Waals surface area (Å²) in [6, 6.07) is 18.6. The van der Waals surface area contributed by atoms with Crippen molar-refractivity contribution in [1.82, 2.24) is 10.0 Å². The molecule has 0 heterocycles. The quantitative estimate of drug-likeness (QED) is 0.364. The van der Waals surface area contributed by atoms with Gasteiger partial charge in [0, 0.05) is 12.0 Å². The highest BCUT2D eigenvalue weighted by Gasteiger charge is 2.30. The van der Waals surface area contributed by atoms with Crippen LogP contribution in [-0.2, 0) is 27.8 Å². The summed E-state index contributed by atoms with van der Waals surface area (Å²) in [5.41, 5.74) is 5.83. The van der Waals surface area contributed by atoms with E-state index in [1.165, 1.54) is 12.1 Å². The van der Waals surface area contributed by atoms with E-state index in [2.05, 4.69) is 16.1 Å². The maximum absolute atomic E-state index is 13.2. The number of amides is 1. The molecular formula is C31H33FN2O4S. The van der Waals surface area contributed by atoms with Crippen LogP contribution in [0.4, 0.5) is 4.39 Å². The van der Waals surface area contributed by atoms with Gasteiger partial charge < -0.3 is 10.4 Å². The van der Waals surface area contributed by atoms with E-state index in [4.69, 9.17) is 0 Å². The van der Waals surface area contributed by atoms with Gasteiger partial charge in [0.05, 0.1) is 17.5 Å². The van der Waals surface area contributed by atoms with Crippen molar-refractivity contribution in [2.45, 2.75) is 62.6 Å². The van der Waals surface area contributed by atoms with Gasteiger partial charge in [-0.05, 0) is 96.7 Å². The van der Waals surface area contributed by atoms with Gasteiger partial charge in [-0.15, -0.1) is 0 Å². The van der Waals surface area contributed by atoms with Crippen LogP contribution in [0.5, 0.6) is 0 Å². The molecule has 0 aliphatic heterocycles. The Bertz CT molecular complexity index is 1480. The summed E-state index contributed by atoms with van der Waals surface area (Å²) >= 11 is 0. The van der Waals surface area contributed by atoms with Crippen molar-refractivity contribution in [2.24, 2.45) is 5.92 Å². The minimum Gasteiger partial charge on any atom is -0.392 e. The molecular weight excluding hydrogens is 515 g/mol. The SMILES string of the molecule is C[C@@H](NC(=O)C1CCC(NS(=O)(=O)c2ccc3c(c2)CC(c2ccc(CO)cc2)=C3)CC1)c1ccc(F)cc1. The monoisotopic (exact) mass is 548 g/mol. The molecule has 2 aliphatic carbocycles. The first-order valence-corrected chi connectivity index (χ1v) is 14.8. The van der Waals surface area contributed by atoms with Crippen LogP contribution in [0, 0.1) is 11.7 Å². The van der Waals surface area contributed by atoms with Crippen LogP contribution in [0.25, 0.3) is 11.6 Å². The van der Waals surface area contributed by atoms with Gasteiger partial charge in [-0.25, -0.2) is 17.5 Å². The Balaban J connectivity index is 1.15. The minimum absolute atomic E-state index is 0.000651. The summed E-state index contributed by atoms with van der Waals surface area (Å²) in [4.78, 5) is 13.0. The third kappa shape index (κ3) is 6.30. The fourth-order valence-corrected chi connectivity index (χ4v) is 6.78. The molecule has 5 rings (SSSR count). The van der Waals surface area contributed by atoms with Crippen molar-refractivity contribution >= 4 is 27.6 Å². The largest absolute Gasteiger partial charge is 0.392 e. The van der Waals surface area contributed by atoms with E-state index in [0.29, 0.717) is 32.1 Å². The number of allylic oxidation sites excluding steroid dienone is 1. The van der Waals surface area contributed by atoms with Crippen molar-refractivity contribution in [1.29, 1.82) is 0 Å². The molecule has 0 bridgehead atoms. The van der Waals surface area contributed by atoms with Crippen LogP contribution in [0.15, 0.2) is 71.6 Å². The second-order valence-corrected chi connectivity index (χ2v) is 12.2. The van der Waals surface area contributed by atoms with Gasteiger partial charge in [0.15, 0.2) is 0 Å². The standard InChI is InChI=1S/C31H33FN2O4S/c1-20(22-6-11-28(32)12-7-22)33-31(36)24-8-13-29(14-9-24)34-39(37,38)30-15-10-25-16-26(17-27(25)18-30)23-4-2-21(19-35)3-5-23/h2-7,10-12,15-16,18,20,24,29,34-35H,8-9,13-14,17,19H2,1H3,(H,33,36)/t20-,24?,29?/m1/s1. The van der Waals surface area contributed by atoms with E-state index in [9.17, 15) is 22.7 Å². The number of rotatable bonds is 8. The summed E-state index contributed by atoms with van der Waals surface area (Å²) in [5, 5.41) is 12.3. The highest BCUT2D eigenvalue weighted by Crippen LogP contribution is 2.33. The molecule has 39 heavy (non-hydrogen) atoms. The van der Waals surface area contributed by atoms with Gasteiger partial charge in [-0.1, -0.05) is 48.5 Å². The number of hydrogen-bond acceptors (Lipinski definition) is 4. The number of fused-ring (bicyclic) bond motifs is 1.